The molecule has 2 aliphatic rings. The van der Waals surface area contributed by atoms with Gasteiger partial charge in [0.05, 0.1) is 10.8 Å². The molecule has 0 aliphatic carbocycles. The van der Waals surface area contributed by atoms with Crippen LogP contribution in [0.4, 0.5) is 24.5 Å². The molecule has 2 N–H and O–H groups in total. The number of halogens is 3. The van der Waals surface area contributed by atoms with Crippen molar-refractivity contribution in [3.8, 4) is 0 Å². The minimum atomic E-state index is -4.77. The minimum absolute atomic E-state index is 0.0842. The minimum Gasteiger partial charge on any atom is -0.353 e. The maximum Gasteiger partial charge on any atom is 0.404 e. The maximum absolute atomic E-state index is 14.4. The Morgan fingerprint density at radius 1 is 1.12 bits per heavy atom. The smallest absolute Gasteiger partial charge is 0.353 e. The molecule has 170 valence electrons. The monoisotopic (exact) mass is 458 g/mol. The molecule has 0 unspecified atom stereocenters. The molecule has 3 aromatic rings. The average Bonchev–Trinajstić information content (AvgIpc) is 3.41. The van der Waals surface area contributed by atoms with Crippen molar-refractivity contribution in [2.45, 2.75) is 36.5 Å². The summed E-state index contributed by atoms with van der Waals surface area (Å²) in [5.74, 6) is -3.94. The number of rotatable bonds is 3. The van der Waals surface area contributed by atoms with Crippen LogP contribution in [0.1, 0.15) is 34.4 Å². The second-order valence-electron chi connectivity index (χ2n) is 8.12. The van der Waals surface area contributed by atoms with E-state index in [9.17, 15) is 28.1 Å². The standard InChI is InChI=1S/C22H17F3N4O4/c1-11-17(29(31)32)18(33-28-11)16-15(12-7-3-2-4-8-12)19(22(23,24)25)27-21(16)13-9-5-6-10-14(13)26-20(21)30/h2-10,15-16,19,27H,1H3,(H,26,30)/t15-,16+,19-,21-/m1/s1. The van der Waals surface area contributed by atoms with Crippen molar-refractivity contribution in [1.29, 1.82) is 0 Å². The van der Waals surface area contributed by atoms with E-state index < -0.39 is 46.1 Å². The van der Waals surface area contributed by atoms with Gasteiger partial charge in [0.2, 0.25) is 11.7 Å². The summed E-state index contributed by atoms with van der Waals surface area (Å²) in [5.41, 5.74) is -1.74. The Hall–Kier alpha value is -3.73. The zero-order chi connectivity index (χ0) is 23.5. The molecule has 11 heteroatoms. The van der Waals surface area contributed by atoms with Gasteiger partial charge in [-0.05, 0) is 18.6 Å². The highest BCUT2D eigenvalue weighted by Gasteiger charge is 2.69. The number of fused-ring (bicyclic) bond motifs is 2. The van der Waals surface area contributed by atoms with Gasteiger partial charge in [-0.3, -0.25) is 20.2 Å². The van der Waals surface area contributed by atoms with Crippen LogP contribution >= 0.6 is 0 Å². The number of hydrogen-bond donors (Lipinski definition) is 2. The molecular formula is C22H17F3N4O4. The van der Waals surface area contributed by atoms with E-state index in [1.165, 1.54) is 25.1 Å². The molecule has 5 rings (SSSR count). The van der Waals surface area contributed by atoms with Crippen LogP contribution in [0.25, 0.3) is 0 Å². The van der Waals surface area contributed by atoms with Crippen LogP contribution in [0, 0.1) is 17.0 Å². The molecule has 33 heavy (non-hydrogen) atoms. The normalized spacial score (nSPS) is 26.4. The number of hydrogen-bond acceptors (Lipinski definition) is 6. The number of nitro groups is 1. The molecule has 1 aromatic heterocycles. The van der Waals surface area contributed by atoms with Crippen molar-refractivity contribution in [3.05, 3.63) is 87.3 Å². The zero-order valence-electron chi connectivity index (χ0n) is 17.1. The van der Waals surface area contributed by atoms with Crippen LogP contribution in [-0.2, 0) is 10.3 Å². The third-order valence-electron chi connectivity index (χ3n) is 6.39. The molecular weight excluding hydrogens is 441 g/mol. The van der Waals surface area contributed by atoms with E-state index in [0.717, 1.165) is 0 Å². The fraction of sp³-hybridized carbons (Fsp3) is 0.273. The van der Waals surface area contributed by atoms with Crippen molar-refractivity contribution in [2.24, 2.45) is 0 Å². The number of alkyl halides is 3. The lowest BCUT2D eigenvalue weighted by Crippen LogP contribution is -2.52. The first kappa shape index (κ1) is 21.1. The van der Waals surface area contributed by atoms with Crippen LogP contribution in [0.3, 0.4) is 0 Å². The number of carbonyl (C=O) groups is 1. The molecule has 0 bridgehead atoms. The molecule has 8 nitrogen and oxygen atoms in total. The Morgan fingerprint density at radius 3 is 2.45 bits per heavy atom. The molecule has 1 saturated heterocycles. The van der Waals surface area contributed by atoms with Crippen LogP contribution in [0.2, 0.25) is 0 Å². The number of anilines is 1. The summed E-state index contributed by atoms with van der Waals surface area (Å²) in [6.45, 7) is 1.33. The largest absolute Gasteiger partial charge is 0.404 e. The van der Waals surface area contributed by atoms with E-state index in [1.54, 1.807) is 36.4 Å². The molecule has 2 aliphatic heterocycles. The second-order valence-corrected chi connectivity index (χ2v) is 8.12. The van der Waals surface area contributed by atoms with Crippen LogP contribution in [0.15, 0.2) is 59.1 Å². The number of aryl methyl sites for hydroxylation is 1. The first-order valence-electron chi connectivity index (χ1n) is 10.1. The predicted octanol–water partition coefficient (Wildman–Crippen LogP) is 4.14. The second kappa shape index (κ2) is 7.14. The summed E-state index contributed by atoms with van der Waals surface area (Å²) in [7, 11) is 0. The topological polar surface area (TPSA) is 110 Å². The number of nitrogens with zero attached hydrogens (tertiary/aromatic N) is 2. The van der Waals surface area contributed by atoms with E-state index in [-0.39, 0.29) is 22.6 Å². The molecule has 0 saturated carbocycles. The summed E-state index contributed by atoms with van der Waals surface area (Å²) in [4.78, 5) is 24.5. The summed E-state index contributed by atoms with van der Waals surface area (Å²) in [5, 5.41) is 20.7. The van der Waals surface area contributed by atoms with E-state index in [0.29, 0.717) is 5.69 Å². The van der Waals surface area contributed by atoms with Crippen LogP contribution in [-0.4, -0.2) is 28.2 Å². The molecule has 2 aromatic carbocycles. The van der Waals surface area contributed by atoms with E-state index in [4.69, 9.17) is 4.52 Å². The van der Waals surface area contributed by atoms with Crippen molar-refractivity contribution in [1.82, 2.24) is 10.5 Å². The summed E-state index contributed by atoms with van der Waals surface area (Å²) in [6.07, 6.45) is -4.77. The molecule has 4 atom stereocenters. The summed E-state index contributed by atoms with van der Waals surface area (Å²) in [6, 6.07) is 12.0. The van der Waals surface area contributed by atoms with Gasteiger partial charge in [-0.25, -0.2) is 0 Å². The van der Waals surface area contributed by atoms with Crippen molar-refractivity contribution in [2.75, 3.05) is 5.32 Å². The van der Waals surface area contributed by atoms with Crippen molar-refractivity contribution < 1.29 is 27.4 Å². The fourth-order valence-electron chi connectivity index (χ4n) is 5.13. The molecule has 1 fully saturated rings. The number of benzene rings is 2. The molecule has 1 spiro atoms. The third-order valence-corrected chi connectivity index (χ3v) is 6.39. The van der Waals surface area contributed by atoms with Gasteiger partial charge >= 0.3 is 11.9 Å². The quantitative estimate of drug-likeness (QED) is 0.451. The third kappa shape index (κ3) is 2.95. The maximum atomic E-state index is 14.4. The van der Waals surface area contributed by atoms with Crippen LogP contribution < -0.4 is 10.6 Å². The number of carbonyl (C=O) groups excluding carboxylic acids is 1. The predicted molar refractivity (Wildman–Crippen MR) is 110 cm³/mol. The number of amides is 1. The Morgan fingerprint density at radius 2 is 1.79 bits per heavy atom. The van der Waals surface area contributed by atoms with Crippen LogP contribution in [0.5, 0.6) is 0 Å². The summed E-state index contributed by atoms with van der Waals surface area (Å²) >= 11 is 0. The van der Waals surface area contributed by atoms with Crippen molar-refractivity contribution >= 4 is 17.3 Å². The van der Waals surface area contributed by atoms with Gasteiger partial charge in [0, 0.05) is 17.2 Å². The number of para-hydroxylation sites is 1. The van der Waals surface area contributed by atoms with E-state index in [2.05, 4.69) is 15.8 Å². The SMILES string of the molecule is Cc1noc([C@@H]2[C@@H](c3ccccc3)[C@H](C(F)(F)F)N[C@@]23C(=O)Nc2ccccc23)c1[N+](=O)[O-]. The highest BCUT2D eigenvalue weighted by atomic mass is 19.4. The van der Waals surface area contributed by atoms with Gasteiger partial charge in [0.25, 0.3) is 0 Å². The first-order valence-corrected chi connectivity index (χ1v) is 10.1. The van der Waals surface area contributed by atoms with Gasteiger partial charge in [-0.15, -0.1) is 0 Å². The lowest BCUT2D eigenvalue weighted by atomic mass is 9.71. The number of nitrogens with one attached hydrogen (secondary N) is 2. The van der Waals surface area contributed by atoms with Gasteiger partial charge in [-0.2, -0.15) is 13.2 Å². The van der Waals surface area contributed by atoms with Gasteiger partial charge in [0.1, 0.15) is 11.6 Å². The Balaban J connectivity index is 1.85. The highest BCUT2D eigenvalue weighted by molar-refractivity contribution is 6.07. The molecule has 1 amide bonds. The Labute approximate surface area is 184 Å². The van der Waals surface area contributed by atoms with Gasteiger partial charge in [-0.1, -0.05) is 53.7 Å². The van der Waals surface area contributed by atoms with E-state index in [1.807, 2.05) is 0 Å². The zero-order valence-corrected chi connectivity index (χ0v) is 17.1. The van der Waals surface area contributed by atoms with E-state index >= 15 is 0 Å². The van der Waals surface area contributed by atoms with Gasteiger partial charge in [0.15, 0.2) is 5.69 Å². The molecule has 3 heterocycles. The highest BCUT2D eigenvalue weighted by Crippen LogP contribution is 2.60. The first-order chi connectivity index (χ1) is 15.7. The Kier molecular flexibility index (Phi) is 4.57. The van der Waals surface area contributed by atoms with Crippen molar-refractivity contribution in [3.63, 3.8) is 0 Å². The lowest BCUT2D eigenvalue weighted by Gasteiger charge is -2.29. The fourth-order valence-corrected chi connectivity index (χ4v) is 5.13. The van der Waals surface area contributed by atoms with Gasteiger partial charge < -0.3 is 9.84 Å². The Bertz CT molecular complexity index is 1260. The molecule has 0 radical (unpaired) electrons. The summed E-state index contributed by atoms with van der Waals surface area (Å²) < 4.78 is 48.6. The number of aromatic nitrogens is 1. The average molecular weight is 458 g/mol. The lowest BCUT2D eigenvalue weighted by molar-refractivity contribution is -0.386.